The van der Waals surface area contributed by atoms with Gasteiger partial charge >= 0.3 is 0 Å². The molecule has 0 saturated heterocycles. The summed E-state index contributed by atoms with van der Waals surface area (Å²) in [5.41, 5.74) is 7.32. The van der Waals surface area contributed by atoms with E-state index in [0.29, 0.717) is 12.2 Å². The Morgan fingerprint density at radius 3 is 2.82 bits per heavy atom. The molecule has 1 rings (SSSR count). The number of amides is 1. The number of hydrogen-bond acceptors (Lipinski definition) is 4. The second-order valence-electron chi connectivity index (χ2n) is 3.95. The molecule has 0 aliphatic carbocycles. The van der Waals surface area contributed by atoms with Gasteiger partial charge in [0.1, 0.15) is 0 Å². The van der Waals surface area contributed by atoms with Crippen molar-refractivity contribution < 1.29 is 4.79 Å². The van der Waals surface area contributed by atoms with E-state index in [9.17, 15) is 4.79 Å². The first-order chi connectivity index (χ1) is 7.97. The normalized spacial score (nSPS) is 12.0. The van der Waals surface area contributed by atoms with Crippen LogP contribution in [0.4, 0.5) is 11.4 Å². The number of rotatable bonds is 4. The van der Waals surface area contributed by atoms with E-state index in [4.69, 9.17) is 5.73 Å². The van der Waals surface area contributed by atoms with Crippen LogP contribution in [0.15, 0.2) is 16.9 Å². The maximum Gasteiger partial charge on any atom is 0.224 e. The van der Waals surface area contributed by atoms with Crippen LogP contribution in [0.2, 0.25) is 0 Å². The minimum atomic E-state index is -0.107. The summed E-state index contributed by atoms with van der Waals surface area (Å²) in [7, 11) is 3.53. The average molecular weight is 301 g/mol. The number of carbonyl (C=O) groups excluding carboxylic acids is 1. The number of anilines is 2. The van der Waals surface area contributed by atoms with Crippen molar-refractivity contribution in [3.63, 3.8) is 0 Å². The minimum absolute atomic E-state index is 0.0144. The Morgan fingerprint density at radius 2 is 2.29 bits per heavy atom. The highest BCUT2D eigenvalue weighted by Crippen LogP contribution is 2.30. The zero-order valence-electron chi connectivity index (χ0n) is 10.2. The first-order valence-electron chi connectivity index (χ1n) is 5.29. The summed E-state index contributed by atoms with van der Waals surface area (Å²) in [6, 6.07) is 0. The summed E-state index contributed by atoms with van der Waals surface area (Å²) in [5.74, 6) is -0.0925. The van der Waals surface area contributed by atoms with Crippen LogP contribution in [-0.2, 0) is 4.79 Å². The van der Waals surface area contributed by atoms with Gasteiger partial charge in [-0.2, -0.15) is 0 Å². The molecule has 94 valence electrons. The van der Waals surface area contributed by atoms with Crippen LogP contribution in [0.5, 0.6) is 0 Å². The predicted molar refractivity (Wildman–Crippen MR) is 72.9 cm³/mol. The highest BCUT2D eigenvalue weighted by atomic mass is 79.9. The third-order valence-electron chi connectivity index (χ3n) is 2.52. The van der Waals surface area contributed by atoms with Crippen molar-refractivity contribution in [2.75, 3.05) is 31.3 Å². The van der Waals surface area contributed by atoms with E-state index in [2.05, 4.69) is 26.2 Å². The summed E-state index contributed by atoms with van der Waals surface area (Å²) < 4.78 is 0.823. The van der Waals surface area contributed by atoms with Crippen molar-refractivity contribution in [1.29, 1.82) is 0 Å². The number of pyridine rings is 1. The molecule has 0 spiro atoms. The lowest BCUT2D eigenvalue weighted by atomic mass is 10.1. The monoisotopic (exact) mass is 300 g/mol. The molecule has 0 aliphatic rings. The van der Waals surface area contributed by atoms with Gasteiger partial charge in [-0.1, -0.05) is 6.92 Å². The van der Waals surface area contributed by atoms with E-state index in [-0.39, 0.29) is 11.8 Å². The van der Waals surface area contributed by atoms with Gasteiger partial charge in [0.2, 0.25) is 5.91 Å². The van der Waals surface area contributed by atoms with Crippen LogP contribution in [0, 0.1) is 5.92 Å². The van der Waals surface area contributed by atoms with Gasteiger partial charge in [0.15, 0.2) is 0 Å². The fourth-order valence-electron chi connectivity index (χ4n) is 1.68. The molecule has 1 unspecified atom stereocenters. The van der Waals surface area contributed by atoms with Gasteiger partial charge in [-0.25, -0.2) is 0 Å². The summed E-state index contributed by atoms with van der Waals surface area (Å²) in [6.45, 7) is 2.47. The van der Waals surface area contributed by atoms with Crippen molar-refractivity contribution in [1.82, 2.24) is 10.3 Å². The number of nitrogens with two attached hydrogens (primary N) is 1. The summed E-state index contributed by atoms with van der Waals surface area (Å²) in [6.07, 6.45) is 3.29. The molecule has 17 heavy (non-hydrogen) atoms. The maximum absolute atomic E-state index is 11.5. The van der Waals surface area contributed by atoms with Crippen LogP contribution in [0.25, 0.3) is 0 Å². The summed E-state index contributed by atoms with van der Waals surface area (Å²) >= 11 is 3.41. The van der Waals surface area contributed by atoms with E-state index in [0.717, 1.165) is 10.2 Å². The van der Waals surface area contributed by atoms with Gasteiger partial charge in [0, 0.05) is 26.8 Å². The van der Waals surface area contributed by atoms with E-state index < -0.39 is 0 Å². The maximum atomic E-state index is 11.5. The zero-order chi connectivity index (χ0) is 13.0. The molecule has 1 aromatic heterocycles. The SMILES string of the molecule is CNC(=O)C(C)CN(C)c1c(N)cncc1Br. The first-order valence-corrected chi connectivity index (χ1v) is 6.08. The molecule has 0 aliphatic heterocycles. The Kier molecular flexibility index (Phi) is 4.74. The molecule has 1 aromatic rings. The zero-order valence-corrected chi connectivity index (χ0v) is 11.8. The molecular formula is C11H17BrN4O. The van der Waals surface area contributed by atoms with Crippen LogP contribution in [-0.4, -0.2) is 31.5 Å². The topological polar surface area (TPSA) is 71.2 Å². The third kappa shape index (κ3) is 3.33. The van der Waals surface area contributed by atoms with Crippen LogP contribution in [0.3, 0.4) is 0 Å². The standard InChI is InChI=1S/C11H17BrN4O/c1-7(11(17)14-2)6-16(3)10-8(12)4-15-5-9(10)13/h4-5,7H,6,13H2,1-3H3,(H,14,17). The van der Waals surface area contributed by atoms with Crippen molar-refractivity contribution >= 4 is 33.2 Å². The number of nitrogens with zero attached hydrogens (tertiary/aromatic N) is 2. The van der Waals surface area contributed by atoms with Crippen molar-refractivity contribution in [2.45, 2.75) is 6.92 Å². The molecule has 1 amide bonds. The largest absolute Gasteiger partial charge is 0.396 e. The van der Waals surface area contributed by atoms with Gasteiger partial charge in [-0.3, -0.25) is 9.78 Å². The Labute approximate surface area is 110 Å². The van der Waals surface area contributed by atoms with E-state index in [1.165, 1.54) is 0 Å². The lowest BCUT2D eigenvalue weighted by molar-refractivity contribution is -0.123. The second-order valence-corrected chi connectivity index (χ2v) is 4.81. The van der Waals surface area contributed by atoms with E-state index >= 15 is 0 Å². The first kappa shape index (κ1) is 13.8. The van der Waals surface area contributed by atoms with Gasteiger partial charge in [0.05, 0.1) is 28.0 Å². The fourth-order valence-corrected chi connectivity index (χ4v) is 2.33. The van der Waals surface area contributed by atoms with Gasteiger partial charge < -0.3 is 16.0 Å². The highest BCUT2D eigenvalue weighted by Gasteiger charge is 2.17. The number of aromatic nitrogens is 1. The number of hydrogen-bond donors (Lipinski definition) is 2. The number of carbonyl (C=O) groups is 1. The van der Waals surface area contributed by atoms with Crippen LogP contribution in [0.1, 0.15) is 6.92 Å². The second kappa shape index (κ2) is 5.86. The average Bonchev–Trinajstić information content (AvgIpc) is 2.27. The van der Waals surface area contributed by atoms with E-state index in [1.807, 2.05) is 18.9 Å². The Bertz CT molecular complexity index is 390. The van der Waals surface area contributed by atoms with Gasteiger partial charge in [-0.15, -0.1) is 0 Å². The van der Waals surface area contributed by atoms with Crippen LogP contribution < -0.4 is 16.0 Å². The third-order valence-corrected chi connectivity index (χ3v) is 3.10. The smallest absolute Gasteiger partial charge is 0.224 e. The van der Waals surface area contributed by atoms with Crippen molar-refractivity contribution in [3.05, 3.63) is 16.9 Å². The van der Waals surface area contributed by atoms with Crippen molar-refractivity contribution in [3.8, 4) is 0 Å². The Balaban J connectivity index is 2.83. The molecule has 3 N–H and O–H groups in total. The van der Waals surface area contributed by atoms with Gasteiger partial charge in [-0.05, 0) is 15.9 Å². The Hall–Kier alpha value is -1.30. The van der Waals surface area contributed by atoms with E-state index in [1.54, 1.807) is 19.4 Å². The lowest BCUT2D eigenvalue weighted by Crippen LogP contribution is -2.34. The Morgan fingerprint density at radius 1 is 1.65 bits per heavy atom. The van der Waals surface area contributed by atoms with Crippen LogP contribution >= 0.6 is 15.9 Å². The molecule has 0 saturated carbocycles. The molecule has 1 heterocycles. The van der Waals surface area contributed by atoms with Crippen molar-refractivity contribution in [2.24, 2.45) is 5.92 Å². The predicted octanol–water partition coefficient (Wildman–Crippen LogP) is 1.24. The summed E-state index contributed by atoms with van der Waals surface area (Å²) in [5, 5.41) is 2.63. The lowest BCUT2D eigenvalue weighted by Gasteiger charge is -2.24. The van der Waals surface area contributed by atoms with Gasteiger partial charge in [0.25, 0.3) is 0 Å². The quantitative estimate of drug-likeness (QED) is 0.878. The molecule has 5 nitrogen and oxygen atoms in total. The molecule has 0 aromatic carbocycles. The minimum Gasteiger partial charge on any atom is -0.396 e. The highest BCUT2D eigenvalue weighted by molar-refractivity contribution is 9.10. The number of nitrogens with one attached hydrogen (secondary N) is 1. The molecule has 6 heteroatoms. The molecule has 0 fully saturated rings. The molecule has 0 radical (unpaired) electrons. The number of nitrogen functional groups attached to an aromatic ring is 1. The summed E-state index contributed by atoms with van der Waals surface area (Å²) in [4.78, 5) is 17.4. The molecule has 0 bridgehead atoms. The molecular weight excluding hydrogens is 284 g/mol. The molecule has 1 atom stereocenters. The number of halogens is 1. The fraction of sp³-hybridized carbons (Fsp3) is 0.455.